The van der Waals surface area contributed by atoms with E-state index >= 15 is 0 Å². The molecule has 4 rings (SSSR count). The first-order valence-electron chi connectivity index (χ1n) is 7.33. The lowest BCUT2D eigenvalue weighted by atomic mass is 10.1. The number of thioether (sulfide) groups is 1. The summed E-state index contributed by atoms with van der Waals surface area (Å²) in [6.07, 6.45) is 0.961. The van der Waals surface area contributed by atoms with Crippen LogP contribution in [-0.2, 0) is 4.79 Å². The molecule has 11 heteroatoms. The number of halogens is 1. The fourth-order valence-corrected chi connectivity index (χ4v) is 3.43. The van der Waals surface area contributed by atoms with Crippen LogP contribution in [0.2, 0.25) is 0 Å². The summed E-state index contributed by atoms with van der Waals surface area (Å²) in [6, 6.07) is 8.06. The molecule has 0 spiro atoms. The van der Waals surface area contributed by atoms with Crippen LogP contribution in [0.15, 0.2) is 49.3 Å². The highest BCUT2D eigenvalue weighted by Gasteiger charge is 2.36. The van der Waals surface area contributed by atoms with Crippen molar-refractivity contribution in [3.05, 3.63) is 61.3 Å². The molecule has 2 aliphatic rings. The molecule has 3 heterocycles. The van der Waals surface area contributed by atoms with Gasteiger partial charge in [0.2, 0.25) is 6.17 Å². The number of nitrogens with zero attached hydrogens (tertiary/aromatic N) is 4. The van der Waals surface area contributed by atoms with Crippen molar-refractivity contribution in [1.29, 1.82) is 0 Å². The summed E-state index contributed by atoms with van der Waals surface area (Å²) in [4.78, 5) is 27.6. The van der Waals surface area contributed by atoms with Gasteiger partial charge in [-0.3, -0.25) is 20.2 Å². The summed E-state index contributed by atoms with van der Waals surface area (Å²) in [5, 5.41) is 21.1. The molecule has 1 atom stereocenters. The molecule has 0 saturated carbocycles. The number of rotatable bonds is 2. The topological polar surface area (TPSA) is 113 Å². The minimum absolute atomic E-state index is 0.224. The number of furan rings is 1. The third-order valence-electron chi connectivity index (χ3n) is 3.81. The maximum absolute atomic E-state index is 12.7. The molecule has 1 N–H and O–H groups in total. The number of carbonyl (C=O) groups is 1. The number of hydrogen-bond donors (Lipinski definition) is 1. The van der Waals surface area contributed by atoms with Gasteiger partial charge in [0.05, 0.1) is 11.4 Å². The summed E-state index contributed by atoms with van der Waals surface area (Å²) < 4.78 is 6.10. The smallest absolute Gasteiger partial charge is 0.401 e. The fraction of sp³-hybridized carbons (Fsp3) is 0.133. The van der Waals surface area contributed by atoms with Crippen LogP contribution in [0.5, 0.6) is 0 Å². The normalized spacial score (nSPS) is 18.5. The van der Waals surface area contributed by atoms with Crippen LogP contribution in [0, 0.1) is 10.1 Å². The number of fused-ring (bicyclic) bond motifs is 2. The van der Waals surface area contributed by atoms with Crippen LogP contribution >= 0.6 is 27.7 Å². The molecule has 2 aromatic rings. The Morgan fingerprint density at radius 3 is 2.88 bits per heavy atom. The second-order valence-electron chi connectivity index (χ2n) is 5.35. The van der Waals surface area contributed by atoms with Crippen molar-refractivity contribution in [3.8, 4) is 0 Å². The van der Waals surface area contributed by atoms with Crippen molar-refractivity contribution in [2.24, 2.45) is 10.1 Å². The number of nitro groups is 1. The average Bonchev–Trinajstić information content (AvgIpc) is 3.10. The van der Waals surface area contributed by atoms with E-state index in [0.717, 1.165) is 4.47 Å². The van der Waals surface area contributed by atoms with Gasteiger partial charge in [0.1, 0.15) is 10.6 Å². The average molecular weight is 436 g/mol. The van der Waals surface area contributed by atoms with Gasteiger partial charge in [-0.15, -0.1) is 5.10 Å². The third kappa shape index (κ3) is 2.69. The maximum atomic E-state index is 12.7. The molecule has 1 amide bonds. The first-order valence-corrected chi connectivity index (χ1v) is 9.34. The summed E-state index contributed by atoms with van der Waals surface area (Å²) in [5.41, 5.74) is 0.304. The molecule has 26 heavy (non-hydrogen) atoms. The summed E-state index contributed by atoms with van der Waals surface area (Å²) in [6.45, 7) is 0. The Hall–Kier alpha value is -2.66. The molecular weight excluding hydrogens is 426 g/mol. The lowest BCUT2D eigenvalue weighted by Crippen LogP contribution is -2.50. The standard InChI is InChI=1S/C15H10BrN5O4S/c1-26-15-18-14(22)12-8-6-7(16)2-3-9(8)17-13(20(12)19-15)10-4-5-11(25-10)21(23)24/h2-6,13H,1H3,(H,18,19,22)/t13-/m0/s1. The molecule has 0 radical (unpaired) electrons. The minimum Gasteiger partial charge on any atom is -0.401 e. The van der Waals surface area contributed by atoms with E-state index in [1.165, 1.54) is 28.9 Å². The zero-order valence-corrected chi connectivity index (χ0v) is 15.6. The van der Waals surface area contributed by atoms with E-state index in [9.17, 15) is 14.9 Å². The highest BCUT2D eigenvalue weighted by molar-refractivity contribution is 9.10. The van der Waals surface area contributed by atoms with E-state index in [2.05, 4.69) is 31.3 Å². The molecule has 2 aliphatic heterocycles. The van der Waals surface area contributed by atoms with E-state index < -0.39 is 17.0 Å². The summed E-state index contributed by atoms with van der Waals surface area (Å²) in [7, 11) is 0. The Morgan fingerprint density at radius 2 is 2.19 bits per heavy atom. The number of carbonyl (C=O) groups excluding carboxylic acids is 1. The molecular formula is C15H10BrN5O4S. The maximum Gasteiger partial charge on any atom is 0.433 e. The van der Waals surface area contributed by atoms with Gasteiger partial charge in [-0.1, -0.05) is 27.7 Å². The Morgan fingerprint density at radius 1 is 1.38 bits per heavy atom. The van der Waals surface area contributed by atoms with Crippen molar-refractivity contribution in [3.63, 3.8) is 0 Å². The predicted molar refractivity (Wildman–Crippen MR) is 97.4 cm³/mol. The summed E-state index contributed by atoms with van der Waals surface area (Å²) in [5.74, 6) is -0.500. The van der Waals surface area contributed by atoms with Crippen molar-refractivity contribution in [2.45, 2.75) is 6.17 Å². The quantitative estimate of drug-likeness (QED) is 0.564. The zero-order chi connectivity index (χ0) is 18.4. The van der Waals surface area contributed by atoms with Gasteiger partial charge in [0, 0.05) is 9.69 Å². The van der Waals surface area contributed by atoms with E-state index in [1.807, 2.05) is 0 Å². The van der Waals surface area contributed by atoms with Gasteiger partial charge >= 0.3 is 5.88 Å². The number of amides is 1. The van der Waals surface area contributed by atoms with Crippen LogP contribution in [0.1, 0.15) is 11.9 Å². The monoisotopic (exact) mass is 435 g/mol. The lowest BCUT2D eigenvalue weighted by molar-refractivity contribution is -0.402. The Kier molecular flexibility index (Phi) is 4.04. The lowest BCUT2D eigenvalue weighted by Gasteiger charge is -2.32. The second kappa shape index (κ2) is 6.25. The molecule has 0 bridgehead atoms. The van der Waals surface area contributed by atoms with E-state index in [0.29, 0.717) is 21.4 Å². The molecule has 1 aromatic heterocycles. The number of amidine groups is 1. The number of hydrogen-bond acceptors (Lipinski definition) is 8. The largest absolute Gasteiger partial charge is 0.433 e. The van der Waals surface area contributed by atoms with Crippen molar-refractivity contribution in [2.75, 3.05) is 6.26 Å². The predicted octanol–water partition coefficient (Wildman–Crippen LogP) is 1.46. The van der Waals surface area contributed by atoms with E-state index in [4.69, 9.17) is 4.42 Å². The van der Waals surface area contributed by atoms with Gasteiger partial charge in [0.25, 0.3) is 5.91 Å². The van der Waals surface area contributed by atoms with Gasteiger partial charge in [-0.05, 0) is 30.5 Å². The Balaban J connectivity index is 1.97. The zero-order valence-electron chi connectivity index (χ0n) is 13.2. The number of nitrogens with one attached hydrogen (secondary N) is 1. The second-order valence-corrected chi connectivity index (χ2v) is 7.06. The highest BCUT2D eigenvalue weighted by Crippen LogP contribution is 2.33. The van der Waals surface area contributed by atoms with Gasteiger partial charge < -0.3 is 4.42 Å². The third-order valence-corrected chi connectivity index (χ3v) is 4.87. The van der Waals surface area contributed by atoms with E-state index in [1.54, 1.807) is 24.5 Å². The van der Waals surface area contributed by atoms with Crippen LogP contribution in [0.4, 0.5) is 5.88 Å². The minimum atomic E-state index is -0.819. The van der Waals surface area contributed by atoms with Crippen LogP contribution in [0.25, 0.3) is 5.70 Å². The highest BCUT2D eigenvalue weighted by atomic mass is 79.9. The van der Waals surface area contributed by atoms with Gasteiger partial charge in [-0.25, -0.2) is 10.0 Å². The van der Waals surface area contributed by atoms with Crippen molar-refractivity contribution >= 4 is 50.3 Å². The van der Waals surface area contributed by atoms with Crippen LogP contribution in [0.3, 0.4) is 0 Å². The molecule has 0 fully saturated rings. The Bertz CT molecular complexity index is 1100. The van der Waals surface area contributed by atoms with Gasteiger partial charge in [-0.2, -0.15) is 0 Å². The molecule has 0 saturated heterocycles. The molecule has 1 aromatic carbocycles. The van der Waals surface area contributed by atoms with E-state index in [-0.39, 0.29) is 11.7 Å². The molecule has 0 unspecified atom stereocenters. The van der Waals surface area contributed by atoms with Gasteiger partial charge in [0.15, 0.2) is 10.9 Å². The number of hydrazone groups is 1. The van der Waals surface area contributed by atoms with Crippen molar-refractivity contribution < 1.29 is 14.1 Å². The SMILES string of the molecule is CSC1=NN2C(=c3cc(Br)ccc3=N[C@@H]2c2ccc([N+](=O)[O-])o2)C(=O)N1. The first kappa shape index (κ1) is 16.8. The summed E-state index contributed by atoms with van der Waals surface area (Å²) >= 11 is 4.66. The van der Waals surface area contributed by atoms with Crippen LogP contribution < -0.4 is 15.9 Å². The molecule has 0 aliphatic carbocycles. The first-order chi connectivity index (χ1) is 12.5. The number of benzene rings is 1. The fourth-order valence-electron chi connectivity index (χ4n) is 2.71. The molecule has 9 nitrogen and oxygen atoms in total. The Labute approximate surface area is 158 Å². The van der Waals surface area contributed by atoms with Crippen molar-refractivity contribution in [1.82, 2.24) is 10.3 Å². The van der Waals surface area contributed by atoms with Crippen LogP contribution in [-0.4, -0.2) is 27.3 Å². The molecule has 132 valence electrons.